The molecule has 0 aromatic rings. The minimum atomic E-state index is -1.11. The van der Waals surface area contributed by atoms with Crippen LogP contribution in [-0.2, 0) is 14.3 Å². The normalized spacial score (nSPS) is 31.2. The molecule has 108 valence electrons. The molecule has 2 aliphatic rings. The molecule has 2 heterocycles. The minimum Gasteiger partial charge on any atom is -0.480 e. The first-order valence-electron chi connectivity index (χ1n) is 6.22. The van der Waals surface area contributed by atoms with Crippen molar-refractivity contribution in [1.29, 1.82) is 0 Å². The molecule has 2 amide bonds. The van der Waals surface area contributed by atoms with Crippen molar-refractivity contribution in [2.75, 3.05) is 32.9 Å². The van der Waals surface area contributed by atoms with Gasteiger partial charge in [-0.1, -0.05) is 0 Å². The molecule has 0 aliphatic carbocycles. The summed E-state index contributed by atoms with van der Waals surface area (Å²) >= 11 is 0. The van der Waals surface area contributed by atoms with Crippen molar-refractivity contribution in [3.8, 4) is 0 Å². The number of carbonyl (C=O) groups is 2. The molecular formula is C11H18N2O6. The van der Waals surface area contributed by atoms with E-state index in [4.69, 9.17) is 14.6 Å². The molecule has 8 heteroatoms. The summed E-state index contributed by atoms with van der Waals surface area (Å²) in [6, 6.07) is -1.48. The van der Waals surface area contributed by atoms with Crippen molar-refractivity contribution < 1.29 is 29.3 Å². The highest BCUT2D eigenvalue weighted by molar-refractivity contribution is 5.83. The second-order valence-electron chi connectivity index (χ2n) is 4.65. The molecule has 0 saturated carbocycles. The predicted octanol–water partition coefficient (Wildman–Crippen LogP) is -1.37. The van der Waals surface area contributed by atoms with Gasteiger partial charge in [0.1, 0.15) is 6.04 Å². The first-order valence-corrected chi connectivity index (χ1v) is 6.22. The lowest BCUT2D eigenvalue weighted by atomic mass is 10.2. The topological polar surface area (TPSA) is 108 Å². The molecular weight excluding hydrogens is 256 g/mol. The van der Waals surface area contributed by atoms with Gasteiger partial charge in [-0.15, -0.1) is 0 Å². The second kappa shape index (κ2) is 6.18. The van der Waals surface area contributed by atoms with E-state index in [2.05, 4.69) is 5.32 Å². The third kappa shape index (κ3) is 3.55. The summed E-state index contributed by atoms with van der Waals surface area (Å²) in [7, 11) is 0. The molecule has 0 aromatic heterocycles. The number of hydrogen-bond donors (Lipinski definition) is 3. The van der Waals surface area contributed by atoms with Crippen molar-refractivity contribution in [3.05, 3.63) is 0 Å². The number of β-amino-alcohol motifs (C(OH)–C–C–N with tert-alkyl or cyclic N) is 1. The van der Waals surface area contributed by atoms with Crippen molar-refractivity contribution >= 4 is 12.0 Å². The number of aliphatic carboxylic acids is 1. The van der Waals surface area contributed by atoms with Crippen LogP contribution >= 0.6 is 0 Å². The van der Waals surface area contributed by atoms with Gasteiger partial charge in [0, 0.05) is 19.5 Å². The first-order chi connectivity index (χ1) is 9.08. The average Bonchev–Trinajstić information content (AvgIpc) is 2.79. The number of likely N-dealkylation sites (tertiary alicyclic amines) is 1. The monoisotopic (exact) mass is 274 g/mol. The highest BCUT2D eigenvalue weighted by Gasteiger charge is 2.39. The molecule has 2 fully saturated rings. The summed E-state index contributed by atoms with van der Waals surface area (Å²) < 4.78 is 10.6. The average molecular weight is 274 g/mol. The number of aliphatic hydroxyl groups excluding tert-OH is 1. The molecule has 0 spiro atoms. The summed E-state index contributed by atoms with van der Waals surface area (Å²) in [6.45, 7) is 1.73. The third-order valence-corrected chi connectivity index (χ3v) is 3.19. The lowest BCUT2D eigenvalue weighted by molar-refractivity contribution is -0.141. The molecule has 0 aromatic carbocycles. The summed E-state index contributed by atoms with van der Waals surface area (Å²) in [5.41, 5.74) is 0. The van der Waals surface area contributed by atoms with E-state index in [1.165, 1.54) is 0 Å². The maximum Gasteiger partial charge on any atom is 0.326 e. The van der Waals surface area contributed by atoms with Gasteiger partial charge in [-0.2, -0.15) is 0 Å². The minimum absolute atomic E-state index is 0.0326. The van der Waals surface area contributed by atoms with Crippen molar-refractivity contribution in [2.45, 2.75) is 24.7 Å². The summed E-state index contributed by atoms with van der Waals surface area (Å²) in [4.78, 5) is 24.0. The van der Waals surface area contributed by atoms with E-state index in [0.717, 1.165) is 4.90 Å². The van der Waals surface area contributed by atoms with Crippen molar-refractivity contribution in [1.82, 2.24) is 10.2 Å². The summed E-state index contributed by atoms with van der Waals surface area (Å²) in [5, 5.41) is 21.1. The van der Waals surface area contributed by atoms with Crippen LogP contribution in [0.5, 0.6) is 0 Å². The SMILES string of the molecule is O=C(O)[C@@H]1C[C@H](O)CN1C(=O)NCC1COCCO1. The van der Waals surface area contributed by atoms with Crippen LogP contribution in [0.1, 0.15) is 6.42 Å². The first kappa shape index (κ1) is 14.0. The predicted molar refractivity (Wildman–Crippen MR) is 62.7 cm³/mol. The molecule has 8 nitrogen and oxygen atoms in total. The van der Waals surface area contributed by atoms with Crippen LogP contribution in [0, 0.1) is 0 Å². The fourth-order valence-corrected chi connectivity index (χ4v) is 2.23. The van der Waals surface area contributed by atoms with Gasteiger partial charge in [0.2, 0.25) is 0 Å². The fourth-order valence-electron chi connectivity index (χ4n) is 2.23. The van der Waals surface area contributed by atoms with Crippen LogP contribution < -0.4 is 5.32 Å². The summed E-state index contributed by atoms with van der Waals surface area (Å²) in [5.74, 6) is -1.11. The lowest BCUT2D eigenvalue weighted by Gasteiger charge is -2.26. The maximum atomic E-state index is 11.9. The van der Waals surface area contributed by atoms with Gasteiger partial charge in [0.15, 0.2) is 0 Å². The molecule has 1 unspecified atom stereocenters. The highest BCUT2D eigenvalue weighted by atomic mass is 16.6. The number of carboxylic acids is 1. The Morgan fingerprint density at radius 2 is 2.16 bits per heavy atom. The Kier molecular flexibility index (Phi) is 4.56. The van der Waals surface area contributed by atoms with Crippen molar-refractivity contribution in [3.63, 3.8) is 0 Å². The van der Waals surface area contributed by atoms with Gasteiger partial charge in [-0.3, -0.25) is 0 Å². The summed E-state index contributed by atoms with van der Waals surface area (Å²) in [6.07, 6.45) is -0.944. The highest BCUT2D eigenvalue weighted by Crippen LogP contribution is 2.18. The molecule has 2 aliphatic heterocycles. The van der Waals surface area contributed by atoms with Crippen LogP contribution in [0.4, 0.5) is 4.79 Å². The smallest absolute Gasteiger partial charge is 0.326 e. The zero-order valence-electron chi connectivity index (χ0n) is 10.4. The Bertz CT molecular complexity index is 344. The van der Waals surface area contributed by atoms with E-state index in [-0.39, 0.29) is 25.6 Å². The molecule has 2 saturated heterocycles. The second-order valence-corrected chi connectivity index (χ2v) is 4.65. The van der Waals surface area contributed by atoms with Gasteiger partial charge in [0.25, 0.3) is 0 Å². The third-order valence-electron chi connectivity index (χ3n) is 3.19. The van der Waals surface area contributed by atoms with Crippen LogP contribution in [0.3, 0.4) is 0 Å². The largest absolute Gasteiger partial charge is 0.480 e. The number of carboxylic acid groups (broad SMARTS) is 1. The molecule has 0 bridgehead atoms. The number of carbonyl (C=O) groups excluding carboxylic acids is 1. The van der Waals surface area contributed by atoms with Gasteiger partial charge < -0.3 is 29.9 Å². The lowest BCUT2D eigenvalue weighted by Crippen LogP contribution is -2.49. The van der Waals surface area contributed by atoms with E-state index in [0.29, 0.717) is 19.8 Å². The Morgan fingerprint density at radius 3 is 2.79 bits per heavy atom. The number of ether oxygens (including phenoxy) is 2. The molecule has 2 rings (SSSR count). The van der Waals surface area contributed by atoms with Crippen LogP contribution in [0.2, 0.25) is 0 Å². The Hall–Kier alpha value is -1.38. The van der Waals surface area contributed by atoms with Crippen LogP contribution in [0.25, 0.3) is 0 Å². The van der Waals surface area contributed by atoms with E-state index >= 15 is 0 Å². The Labute approximate surface area is 110 Å². The van der Waals surface area contributed by atoms with Gasteiger partial charge in [-0.05, 0) is 0 Å². The Morgan fingerprint density at radius 1 is 1.37 bits per heavy atom. The zero-order chi connectivity index (χ0) is 13.8. The Balaban J connectivity index is 1.82. The quantitative estimate of drug-likeness (QED) is 0.586. The number of nitrogens with one attached hydrogen (secondary N) is 1. The van der Waals surface area contributed by atoms with E-state index in [1.54, 1.807) is 0 Å². The fraction of sp³-hybridized carbons (Fsp3) is 0.818. The molecule has 0 radical (unpaired) electrons. The van der Waals surface area contributed by atoms with Gasteiger partial charge >= 0.3 is 12.0 Å². The van der Waals surface area contributed by atoms with Crippen LogP contribution in [0.15, 0.2) is 0 Å². The van der Waals surface area contributed by atoms with E-state index in [1.807, 2.05) is 0 Å². The van der Waals surface area contributed by atoms with Crippen LogP contribution in [-0.4, -0.2) is 78.3 Å². The maximum absolute atomic E-state index is 11.9. The molecule has 3 atom stereocenters. The zero-order valence-corrected chi connectivity index (χ0v) is 10.4. The number of urea groups is 1. The van der Waals surface area contributed by atoms with Gasteiger partial charge in [0.05, 0.1) is 32.0 Å². The molecule has 19 heavy (non-hydrogen) atoms. The number of amides is 2. The number of nitrogens with zero attached hydrogens (tertiary/aromatic N) is 1. The number of rotatable bonds is 3. The number of aliphatic hydroxyl groups is 1. The van der Waals surface area contributed by atoms with E-state index < -0.39 is 24.1 Å². The van der Waals surface area contributed by atoms with Crippen molar-refractivity contribution in [2.24, 2.45) is 0 Å². The van der Waals surface area contributed by atoms with Gasteiger partial charge in [-0.25, -0.2) is 9.59 Å². The van der Waals surface area contributed by atoms with E-state index in [9.17, 15) is 14.7 Å². The molecule has 3 N–H and O–H groups in total. The standard InChI is InChI=1S/C11H18N2O6/c14-7-3-9(10(15)16)13(5-7)11(17)12-4-8-6-18-1-2-19-8/h7-9,14H,1-6H2,(H,12,17)(H,15,16)/t7-,8?,9-/m0/s1. The number of hydrogen-bond acceptors (Lipinski definition) is 5.